The summed E-state index contributed by atoms with van der Waals surface area (Å²) in [5.41, 5.74) is 0.948. The number of hydrogen-bond donors (Lipinski definition) is 1. The van der Waals surface area contributed by atoms with Crippen molar-refractivity contribution in [1.29, 1.82) is 0 Å². The minimum Gasteiger partial charge on any atom is -0.496 e. The van der Waals surface area contributed by atoms with Crippen molar-refractivity contribution in [2.24, 2.45) is 0 Å². The standard InChI is InChI=1S/C10H12O4/c1-6-8(13-2)4-7(10(11)12)5-9(6)14-3/h4-5H,1-3H3,(H,11,12). The number of carbonyl (C=O) groups is 1. The van der Waals surface area contributed by atoms with Crippen LogP contribution in [-0.4, -0.2) is 25.3 Å². The van der Waals surface area contributed by atoms with E-state index in [0.717, 1.165) is 5.56 Å². The Balaban J connectivity index is 3.32. The highest BCUT2D eigenvalue weighted by molar-refractivity contribution is 5.89. The zero-order valence-corrected chi connectivity index (χ0v) is 8.33. The second kappa shape index (κ2) is 4.00. The average Bonchev–Trinajstić information content (AvgIpc) is 2.17. The Morgan fingerprint density at radius 3 is 1.93 bits per heavy atom. The van der Waals surface area contributed by atoms with E-state index in [1.54, 1.807) is 0 Å². The molecule has 0 radical (unpaired) electrons. The Morgan fingerprint density at radius 2 is 1.64 bits per heavy atom. The van der Waals surface area contributed by atoms with E-state index in [-0.39, 0.29) is 5.56 Å². The quantitative estimate of drug-likeness (QED) is 0.799. The van der Waals surface area contributed by atoms with Crippen molar-refractivity contribution in [3.63, 3.8) is 0 Å². The first-order valence-electron chi connectivity index (χ1n) is 4.06. The third-order valence-corrected chi connectivity index (χ3v) is 2.00. The fourth-order valence-corrected chi connectivity index (χ4v) is 1.21. The molecule has 0 aromatic heterocycles. The lowest BCUT2D eigenvalue weighted by Crippen LogP contribution is -2.00. The number of rotatable bonds is 3. The Bertz CT molecular complexity index is 332. The van der Waals surface area contributed by atoms with E-state index in [0.29, 0.717) is 11.5 Å². The molecule has 1 rings (SSSR count). The molecule has 0 saturated carbocycles. The van der Waals surface area contributed by atoms with Crippen LogP contribution in [0.15, 0.2) is 12.1 Å². The molecule has 1 aromatic carbocycles. The summed E-state index contributed by atoms with van der Waals surface area (Å²) in [5, 5.41) is 8.80. The van der Waals surface area contributed by atoms with Crippen molar-refractivity contribution < 1.29 is 19.4 Å². The Morgan fingerprint density at radius 1 is 1.21 bits per heavy atom. The lowest BCUT2D eigenvalue weighted by molar-refractivity contribution is 0.0696. The topological polar surface area (TPSA) is 55.8 Å². The van der Waals surface area contributed by atoms with E-state index in [1.807, 2.05) is 6.92 Å². The minimum absolute atomic E-state index is 0.157. The van der Waals surface area contributed by atoms with Crippen LogP contribution in [0.1, 0.15) is 15.9 Å². The fourth-order valence-electron chi connectivity index (χ4n) is 1.21. The van der Waals surface area contributed by atoms with Crippen LogP contribution in [0.3, 0.4) is 0 Å². The van der Waals surface area contributed by atoms with E-state index in [2.05, 4.69) is 0 Å². The van der Waals surface area contributed by atoms with Gasteiger partial charge in [0, 0.05) is 5.56 Å². The molecule has 76 valence electrons. The van der Waals surface area contributed by atoms with Gasteiger partial charge in [-0.1, -0.05) is 0 Å². The van der Waals surface area contributed by atoms with Crippen molar-refractivity contribution >= 4 is 5.97 Å². The van der Waals surface area contributed by atoms with Crippen LogP contribution in [-0.2, 0) is 0 Å². The Kier molecular flexibility index (Phi) is 2.96. The molecule has 4 heteroatoms. The summed E-state index contributed by atoms with van der Waals surface area (Å²) in [6.07, 6.45) is 0. The first-order chi connectivity index (χ1) is 6.60. The van der Waals surface area contributed by atoms with Gasteiger partial charge in [0.15, 0.2) is 0 Å². The first-order valence-corrected chi connectivity index (χ1v) is 4.06. The maximum absolute atomic E-state index is 10.7. The van der Waals surface area contributed by atoms with Gasteiger partial charge < -0.3 is 14.6 Å². The normalized spacial score (nSPS) is 9.64. The van der Waals surface area contributed by atoms with Crippen molar-refractivity contribution in [3.8, 4) is 11.5 Å². The number of carboxylic acids is 1. The number of aromatic carboxylic acids is 1. The smallest absolute Gasteiger partial charge is 0.335 e. The van der Waals surface area contributed by atoms with Crippen LogP contribution in [0.5, 0.6) is 11.5 Å². The van der Waals surface area contributed by atoms with Crippen LogP contribution in [0.25, 0.3) is 0 Å². The average molecular weight is 196 g/mol. The summed E-state index contributed by atoms with van der Waals surface area (Å²) in [5.74, 6) is 0.0325. The van der Waals surface area contributed by atoms with Gasteiger partial charge >= 0.3 is 5.97 Å². The lowest BCUT2D eigenvalue weighted by atomic mass is 10.1. The third-order valence-electron chi connectivity index (χ3n) is 2.00. The van der Waals surface area contributed by atoms with Crippen LogP contribution >= 0.6 is 0 Å². The van der Waals surface area contributed by atoms with E-state index >= 15 is 0 Å². The summed E-state index contributed by atoms with van der Waals surface area (Å²) < 4.78 is 10.1. The highest BCUT2D eigenvalue weighted by atomic mass is 16.5. The molecule has 0 heterocycles. The van der Waals surface area contributed by atoms with Gasteiger partial charge in [-0.15, -0.1) is 0 Å². The van der Waals surface area contributed by atoms with Crippen molar-refractivity contribution in [2.45, 2.75) is 6.92 Å². The maximum atomic E-state index is 10.7. The lowest BCUT2D eigenvalue weighted by Gasteiger charge is -2.10. The molecule has 0 unspecified atom stereocenters. The van der Waals surface area contributed by atoms with Crippen LogP contribution < -0.4 is 9.47 Å². The molecule has 0 atom stereocenters. The Hall–Kier alpha value is -1.71. The van der Waals surface area contributed by atoms with Gasteiger partial charge in [-0.3, -0.25) is 0 Å². The zero-order valence-electron chi connectivity index (χ0n) is 8.33. The second-order valence-electron chi connectivity index (χ2n) is 2.81. The second-order valence-corrected chi connectivity index (χ2v) is 2.81. The van der Waals surface area contributed by atoms with Crippen molar-refractivity contribution in [2.75, 3.05) is 14.2 Å². The van der Waals surface area contributed by atoms with Gasteiger partial charge in [-0.25, -0.2) is 4.79 Å². The van der Waals surface area contributed by atoms with E-state index in [9.17, 15) is 4.79 Å². The number of carboxylic acid groups (broad SMARTS) is 1. The summed E-state index contributed by atoms with van der Waals surface area (Å²) in [4.78, 5) is 10.7. The molecular formula is C10H12O4. The van der Waals surface area contributed by atoms with Crippen LogP contribution in [0.2, 0.25) is 0 Å². The highest BCUT2D eigenvalue weighted by Crippen LogP contribution is 2.29. The van der Waals surface area contributed by atoms with Gasteiger partial charge in [-0.2, -0.15) is 0 Å². The third kappa shape index (κ3) is 1.79. The predicted octanol–water partition coefficient (Wildman–Crippen LogP) is 1.71. The highest BCUT2D eigenvalue weighted by Gasteiger charge is 2.11. The monoisotopic (exact) mass is 196 g/mol. The molecule has 0 fully saturated rings. The van der Waals surface area contributed by atoms with Crippen LogP contribution in [0, 0.1) is 6.92 Å². The minimum atomic E-state index is -0.999. The largest absolute Gasteiger partial charge is 0.496 e. The Labute approximate surface area is 82.1 Å². The van der Waals surface area contributed by atoms with Gasteiger partial charge in [-0.05, 0) is 19.1 Å². The summed E-state index contributed by atoms with van der Waals surface area (Å²) in [7, 11) is 2.99. The predicted molar refractivity (Wildman–Crippen MR) is 51.2 cm³/mol. The van der Waals surface area contributed by atoms with E-state index in [1.165, 1.54) is 26.4 Å². The molecule has 0 saturated heterocycles. The van der Waals surface area contributed by atoms with E-state index in [4.69, 9.17) is 14.6 Å². The zero-order chi connectivity index (χ0) is 10.7. The molecule has 1 aromatic rings. The molecule has 0 bridgehead atoms. The SMILES string of the molecule is COc1cc(C(=O)O)cc(OC)c1C. The molecule has 0 amide bonds. The van der Waals surface area contributed by atoms with Crippen molar-refractivity contribution in [3.05, 3.63) is 23.3 Å². The molecule has 0 aliphatic carbocycles. The molecular weight excluding hydrogens is 184 g/mol. The van der Waals surface area contributed by atoms with Crippen molar-refractivity contribution in [1.82, 2.24) is 0 Å². The number of ether oxygens (including phenoxy) is 2. The van der Waals surface area contributed by atoms with Crippen LogP contribution in [0.4, 0.5) is 0 Å². The van der Waals surface area contributed by atoms with Gasteiger partial charge in [0.1, 0.15) is 11.5 Å². The maximum Gasteiger partial charge on any atom is 0.335 e. The number of methoxy groups -OCH3 is 2. The van der Waals surface area contributed by atoms with Gasteiger partial charge in [0.05, 0.1) is 19.8 Å². The summed E-state index contributed by atoms with van der Waals surface area (Å²) in [6, 6.07) is 2.94. The number of benzene rings is 1. The first kappa shape index (κ1) is 10.4. The number of hydrogen-bond acceptors (Lipinski definition) is 3. The van der Waals surface area contributed by atoms with Gasteiger partial charge in [0.2, 0.25) is 0 Å². The summed E-state index contributed by atoms with van der Waals surface area (Å²) in [6.45, 7) is 1.81. The van der Waals surface area contributed by atoms with Gasteiger partial charge in [0.25, 0.3) is 0 Å². The molecule has 1 N–H and O–H groups in total. The summed E-state index contributed by atoms with van der Waals surface area (Å²) >= 11 is 0. The molecule has 0 aliphatic rings. The molecule has 0 aliphatic heterocycles. The molecule has 0 spiro atoms. The molecule has 14 heavy (non-hydrogen) atoms. The molecule has 4 nitrogen and oxygen atoms in total. The van der Waals surface area contributed by atoms with E-state index < -0.39 is 5.97 Å². The fraction of sp³-hybridized carbons (Fsp3) is 0.300.